The fourth-order valence-electron chi connectivity index (χ4n) is 1.37. The molecule has 0 bridgehead atoms. The van der Waals surface area contributed by atoms with Gasteiger partial charge in [-0.2, -0.15) is 0 Å². The van der Waals surface area contributed by atoms with E-state index in [4.69, 9.17) is 28.3 Å². The van der Waals surface area contributed by atoms with E-state index in [2.05, 4.69) is 0 Å². The van der Waals surface area contributed by atoms with Crippen LogP contribution in [-0.4, -0.2) is 32.3 Å². The molecule has 5 nitrogen and oxygen atoms in total. The van der Waals surface area contributed by atoms with Crippen LogP contribution >= 0.6 is 23.2 Å². The van der Waals surface area contributed by atoms with Crippen molar-refractivity contribution in [3.63, 3.8) is 0 Å². The lowest BCUT2D eigenvalue weighted by atomic mass is 10.3. The van der Waals surface area contributed by atoms with Crippen molar-refractivity contribution < 1.29 is 18.3 Å². The summed E-state index contributed by atoms with van der Waals surface area (Å²) < 4.78 is 24.2. The van der Waals surface area contributed by atoms with Crippen LogP contribution in [0.15, 0.2) is 18.2 Å². The Balaban J connectivity index is 3.23. The van der Waals surface area contributed by atoms with E-state index in [9.17, 15) is 13.2 Å². The Bertz CT molecular complexity index is 539. The molecule has 1 N–H and O–H groups in total. The molecule has 0 spiro atoms. The predicted molar refractivity (Wildman–Crippen MR) is 70.9 cm³/mol. The number of carboxylic acid groups (broad SMARTS) is 1. The van der Waals surface area contributed by atoms with Crippen molar-refractivity contribution in [3.05, 3.63) is 28.2 Å². The molecule has 0 unspecified atom stereocenters. The minimum absolute atomic E-state index is 0.101. The molecule has 0 aliphatic rings. The topological polar surface area (TPSA) is 74.7 Å². The third-order valence-corrected chi connectivity index (χ3v) is 3.89. The zero-order valence-corrected chi connectivity index (χ0v) is 11.8. The number of nitrogens with zero attached hydrogens (tertiary/aromatic N) is 1. The van der Waals surface area contributed by atoms with Crippen LogP contribution in [0.25, 0.3) is 0 Å². The number of anilines is 1. The molecule has 100 valence electrons. The summed E-state index contributed by atoms with van der Waals surface area (Å²) in [5.74, 6) is -1.10. The van der Waals surface area contributed by atoms with Gasteiger partial charge in [-0.05, 0) is 12.1 Å². The molecule has 0 aromatic heterocycles. The maximum absolute atomic E-state index is 11.7. The van der Waals surface area contributed by atoms with Gasteiger partial charge in [0.05, 0.1) is 28.4 Å². The highest BCUT2D eigenvalue weighted by Crippen LogP contribution is 2.34. The number of carboxylic acids is 1. The van der Waals surface area contributed by atoms with Crippen LogP contribution in [0.4, 0.5) is 5.69 Å². The molecule has 0 saturated heterocycles. The van der Waals surface area contributed by atoms with Crippen molar-refractivity contribution in [3.8, 4) is 0 Å². The predicted octanol–water partition coefficient (Wildman–Crippen LogP) is 2.23. The first-order valence-electron chi connectivity index (χ1n) is 4.87. The Hall–Kier alpha value is -0.980. The van der Waals surface area contributed by atoms with E-state index in [1.165, 1.54) is 12.1 Å². The number of carbonyl (C=O) groups is 1. The average molecular weight is 312 g/mol. The number of sulfonamides is 1. The van der Waals surface area contributed by atoms with Crippen molar-refractivity contribution in [2.75, 3.05) is 17.1 Å². The second kappa shape index (κ2) is 5.77. The molecule has 1 aromatic carbocycles. The largest absolute Gasteiger partial charge is 0.481 e. The van der Waals surface area contributed by atoms with Crippen molar-refractivity contribution in [1.29, 1.82) is 0 Å². The quantitative estimate of drug-likeness (QED) is 0.905. The van der Waals surface area contributed by atoms with E-state index in [1.54, 1.807) is 6.07 Å². The fourth-order valence-corrected chi connectivity index (χ4v) is 3.02. The van der Waals surface area contributed by atoms with Crippen molar-refractivity contribution in [2.24, 2.45) is 0 Å². The number of hydrogen-bond acceptors (Lipinski definition) is 3. The molecule has 0 amide bonds. The Morgan fingerprint density at radius 2 is 1.83 bits per heavy atom. The molecule has 0 radical (unpaired) electrons. The molecule has 0 atom stereocenters. The highest BCUT2D eigenvalue weighted by Gasteiger charge is 2.23. The van der Waals surface area contributed by atoms with Gasteiger partial charge in [0.1, 0.15) is 0 Å². The standard InChI is InChI=1S/C10H11Cl2NO4S/c1-18(16,17)13(6-5-9(14)15)10-7(11)3-2-4-8(10)12/h2-4H,5-6H2,1H3,(H,14,15). The first-order valence-corrected chi connectivity index (χ1v) is 7.47. The maximum atomic E-state index is 11.7. The molecule has 1 aromatic rings. The summed E-state index contributed by atoms with van der Waals surface area (Å²) in [6, 6.07) is 4.55. The minimum Gasteiger partial charge on any atom is -0.481 e. The summed E-state index contributed by atoms with van der Waals surface area (Å²) in [7, 11) is -3.66. The van der Waals surface area contributed by atoms with Gasteiger partial charge in [-0.25, -0.2) is 8.42 Å². The summed E-state index contributed by atoms with van der Waals surface area (Å²) in [6.07, 6.45) is 0.628. The molecular weight excluding hydrogens is 301 g/mol. The number of benzene rings is 1. The summed E-state index contributed by atoms with van der Waals surface area (Å²) in [4.78, 5) is 10.5. The van der Waals surface area contributed by atoms with Gasteiger partial charge in [0.2, 0.25) is 10.0 Å². The molecule has 8 heteroatoms. The molecule has 0 fully saturated rings. The van der Waals surface area contributed by atoms with Crippen LogP contribution in [0.5, 0.6) is 0 Å². The summed E-state index contributed by atoms with van der Waals surface area (Å²) in [6.45, 7) is -0.225. The number of halogens is 2. The first-order chi connectivity index (χ1) is 8.23. The van der Waals surface area contributed by atoms with E-state index in [-0.39, 0.29) is 28.7 Å². The van der Waals surface area contributed by atoms with Crippen molar-refractivity contribution >= 4 is 44.9 Å². The van der Waals surface area contributed by atoms with Gasteiger partial charge < -0.3 is 5.11 Å². The third-order valence-electron chi connectivity index (χ3n) is 2.12. The maximum Gasteiger partial charge on any atom is 0.305 e. The fraction of sp³-hybridized carbons (Fsp3) is 0.300. The normalized spacial score (nSPS) is 11.3. The van der Waals surface area contributed by atoms with E-state index in [0.717, 1.165) is 10.6 Å². The van der Waals surface area contributed by atoms with Crippen LogP contribution in [0.2, 0.25) is 10.0 Å². The Morgan fingerprint density at radius 3 is 2.22 bits per heavy atom. The lowest BCUT2D eigenvalue weighted by Gasteiger charge is -2.23. The summed E-state index contributed by atoms with van der Waals surface area (Å²) in [5.41, 5.74) is 0.101. The van der Waals surface area contributed by atoms with E-state index in [1.807, 2.05) is 0 Å². The van der Waals surface area contributed by atoms with Crippen molar-refractivity contribution in [2.45, 2.75) is 6.42 Å². The summed E-state index contributed by atoms with van der Waals surface area (Å²) in [5, 5.41) is 8.93. The van der Waals surface area contributed by atoms with Gasteiger partial charge in [0.15, 0.2) is 0 Å². The first kappa shape index (κ1) is 15.1. The van der Waals surface area contributed by atoms with Crippen LogP contribution < -0.4 is 4.31 Å². The molecule has 0 saturated carbocycles. The van der Waals surface area contributed by atoms with Crippen LogP contribution in [0.3, 0.4) is 0 Å². The van der Waals surface area contributed by atoms with Gasteiger partial charge in [-0.15, -0.1) is 0 Å². The highest BCUT2D eigenvalue weighted by atomic mass is 35.5. The lowest BCUT2D eigenvalue weighted by molar-refractivity contribution is -0.136. The van der Waals surface area contributed by atoms with Crippen LogP contribution in [0, 0.1) is 0 Å². The van der Waals surface area contributed by atoms with E-state index in [0.29, 0.717) is 0 Å². The Kier molecular flexibility index (Phi) is 4.84. The number of rotatable bonds is 5. The zero-order chi connectivity index (χ0) is 13.9. The highest BCUT2D eigenvalue weighted by molar-refractivity contribution is 7.92. The Morgan fingerprint density at radius 1 is 1.33 bits per heavy atom. The summed E-state index contributed by atoms with van der Waals surface area (Å²) >= 11 is 11.8. The number of para-hydroxylation sites is 1. The van der Waals surface area contributed by atoms with Crippen LogP contribution in [-0.2, 0) is 14.8 Å². The van der Waals surface area contributed by atoms with E-state index < -0.39 is 16.0 Å². The second-order valence-corrected chi connectivity index (χ2v) is 6.27. The number of hydrogen-bond donors (Lipinski definition) is 1. The van der Waals surface area contributed by atoms with Gasteiger partial charge in [-0.1, -0.05) is 29.3 Å². The van der Waals surface area contributed by atoms with Crippen molar-refractivity contribution in [1.82, 2.24) is 0 Å². The molecular formula is C10H11Cl2NO4S. The second-order valence-electron chi connectivity index (χ2n) is 3.55. The zero-order valence-electron chi connectivity index (χ0n) is 9.43. The SMILES string of the molecule is CS(=O)(=O)N(CCC(=O)O)c1c(Cl)cccc1Cl. The van der Waals surface area contributed by atoms with Gasteiger partial charge in [-0.3, -0.25) is 9.10 Å². The lowest BCUT2D eigenvalue weighted by Crippen LogP contribution is -2.32. The van der Waals surface area contributed by atoms with Crippen LogP contribution in [0.1, 0.15) is 6.42 Å². The average Bonchev–Trinajstić information content (AvgIpc) is 2.20. The third kappa shape index (κ3) is 3.76. The van der Waals surface area contributed by atoms with Gasteiger partial charge >= 0.3 is 5.97 Å². The molecule has 1 rings (SSSR count). The van der Waals surface area contributed by atoms with E-state index >= 15 is 0 Å². The van der Waals surface area contributed by atoms with Gasteiger partial charge in [0, 0.05) is 6.54 Å². The van der Waals surface area contributed by atoms with Gasteiger partial charge in [0.25, 0.3) is 0 Å². The molecule has 18 heavy (non-hydrogen) atoms. The monoisotopic (exact) mass is 311 g/mol. The number of aliphatic carboxylic acids is 1. The smallest absolute Gasteiger partial charge is 0.305 e. The minimum atomic E-state index is -3.66. The molecule has 0 aliphatic heterocycles. The molecule has 0 heterocycles. The molecule has 0 aliphatic carbocycles. The Labute approximate surface area is 115 Å².